The number of hydrogen-bond donors (Lipinski definition) is 3. The van der Waals surface area contributed by atoms with Gasteiger partial charge in [0.1, 0.15) is 11.5 Å². The van der Waals surface area contributed by atoms with E-state index in [0.717, 1.165) is 0 Å². The summed E-state index contributed by atoms with van der Waals surface area (Å²) >= 11 is 1.67. The highest BCUT2D eigenvalue weighted by Gasteiger charge is 1.87. The second-order valence-corrected chi connectivity index (χ2v) is 4.17. The molecule has 0 aliphatic heterocycles. The van der Waals surface area contributed by atoms with Crippen LogP contribution < -0.4 is 5.73 Å². The van der Waals surface area contributed by atoms with Crippen molar-refractivity contribution in [1.29, 1.82) is 0 Å². The number of aromatic hydroxyl groups is 2. The maximum absolute atomic E-state index is 8.84. The normalized spacial score (nSPS) is 9.24. The van der Waals surface area contributed by atoms with Crippen LogP contribution in [0.15, 0.2) is 53.4 Å². The van der Waals surface area contributed by atoms with Crippen molar-refractivity contribution in [3.8, 4) is 11.5 Å². The molecule has 0 amide bonds. The highest BCUT2D eigenvalue weighted by atomic mass is 32.2. The number of thioether (sulfide) groups is 1. The van der Waals surface area contributed by atoms with Crippen LogP contribution in [0.2, 0.25) is 0 Å². The minimum absolute atomic E-state index is 0.249. The molecule has 2 aromatic carbocycles. The van der Waals surface area contributed by atoms with Crippen molar-refractivity contribution in [2.75, 3.05) is 12.0 Å². The molecule has 17 heavy (non-hydrogen) atoms. The zero-order valence-electron chi connectivity index (χ0n) is 9.50. The third-order valence-corrected chi connectivity index (χ3v) is 2.71. The zero-order valence-corrected chi connectivity index (χ0v) is 10.3. The van der Waals surface area contributed by atoms with Crippen molar-refractivity contribution < 1.29 is 10.2 Å². The van der Waals surface area contributed by atoms with E-state index in [-0.39, 0.29) is 5.75 Å². The minimum Gasteiger partial charge on any atom is -0.508 e. The Balaban J connectivity index is 0.000000171. The Labute approximate surface area is 105 Å². The quantitative estimate of drug-likeness (QED) is 0.413. The average molecular weight is 249 g/mol. The van der Waals surface area contributed by atoms with Crippen LogP contribution in [0.25, 0.3) is 0 Å². The van der Waals surface area contributed by atoms with E-state index in [1.807, 2.05) is 18.4 Å². The summed E-state index contributed by atoms with van der Waals surface area (Å²) in [5.74, 6) is 0.576. The van der Waals surface area contributed by atoms with E-state index in [2.05, 4.69) is 0 Å². The SMILES string of the molecule is CSc1ccc(O)cc1.Nc1ccc(O)cc1. The molecular weight excluding hydrogens is 234 g/mol. The number of anilines is 1. The molecule has 0 aromatic heterocycles. The number of benzene rings is 2. The fourth-order valence-electron chi connectivity index (χ4n) is 1.06. The molecule has 2 aromatic rings. The van der Waals surface area contributed by atoms with Crippen molar-refractivity contribution in [3.05, 3.63) is 48.5 Å². The predicted octanol–water partition coefficient (Wildman–Crippen LogP) is 3.09. The van der Waals surface area contributed by atoms with Crippen LogP contribution in [0.5, 0.6) is 11.5 Å². The van der Waals surface area contributed by atoms with Crippen LogP contribution in [-0.2, 0) is 0 Å². The molecule has 4 N–H and O–H groups in total. The first-order chi connectivity index (χ1) is 8.11. The van der Waals surface area contributed by atoms with Crippen molar-refractivity contribution in [2.45, 2.75) is 4.90 Å². The Kier molecular flexibility index (Phi) is 5.23. The number of phenols is 2. The molecule has 0 unspecified atom stereocenters. The van der Waals surface area contributed by atoms with Crippen LogP contribution in [0.1, 0.15) is 0 Å². The molecule has 0 fully saturated rings. The van der Waals surface area contributed by atoms with Crippen LogP contribution >= 0.6 is 11.8 Å². The van der Waals surface area contributed by atoms with Crippen LogP contribution in [-0.4, -0.2) is 16.5 Å². The summed E-state index contributed by atoms with van der Waals surface area (Å²) in [6, 6.07) is 13.5. The number of nitrogens with two attached hydrogens (primary N) is 1. The molecule has 0 spiro atoms. The molecule has 90 valence electrons. The fraction of sp³-hybridized carbons (Fsp3) is 0.0769. The van der Waals surface area contributed by atoms with E-state index in [1.54, 1.807) is 48.2 Å². The highest BCUT2D eigenvalue weighted by molar-refractivity contribution is 7.98. The Morgan fingerprint density at radius 2 is 1.24 bits per heavy atom. The smallest absolute Gasteiger partial charge is 0.115 e. The fourth-order valence-corrected chi connectivity index (χ4v) is 1.46. The number of phenolic OH excluding ortho intramolecular Hbond substituents is 2. The summed E-state index contributed by atoms with van der Waals surface area (Å²) in [5, 5.41) is 17.5. The average Bonchev–Trinajstić information content (AvgIpc) is 2.35. The number of hydrogen-bond acceptors (Lipinski definition) is 4. The van der Waals surface area contributed by atoms with Crippen LogP contribution in [0.3, 0.4) is 0 Å². The van der Waals surface area contributed by atoms with E-state index >= 15 is 0 Å². The molecule has 0 heterocycles. The van der Waals surface area contributed by atoms with E-state index in [0.29, 0.717) is 11.4 Å². The monoisotopic (exact) mass is 249 g/mol. The van der Waals surface area contributed by atoms with Crippen LogP contribution in [0.4, 0.5) is 5.69 Å². The Morgan fingerprint density at radius 1 is 0.824 bits per heavy atom. The lowest BCUT2D eigenvalue weighted by Crippen LogP contribution is -1.80. The van der Waals surface area contributed by atoms with Crippen molar-refractivity contribution >= 4 is 17.4 Å². The molecular formula is C13H15NO2S. The molecule has 0 aliphatic rings. The van der Waals surface area contributed by atoms with Gasteiger partial charge in [-0.25, -0.2) is 0 Å². The Morgan fingerprint density at radius 3 is 1.59 bits per heavy atom. The van der Waals surface area contributed by atoms with Gasteiger partial charge in [-0.1, -0.05) is 0 Å². The second-order valence-electron chi connectivity index (χ2n) is 3.29. The molecule has 3 nitrogen and oxygen atoms in total. The lowest BCUT2D eigenvalue weighted by molar-refractivity contribution is 0.474. The first-order valence-corrected chi connectivity index (χ1v) is 6.22. The molecule has 0 bridgehead atoms. The van der Waals surface area contributed by atoms with E-state index in [9.17, 15) is 0 Å². The lowest BCUT2D eigenvalue weighted by Gasteiger charge is -1.93. The largest absolute Gasteiger partial charge is 0.508 e. The van der Waals surface area contributed by atoms with Gasteiger partial charge in [0.05, 0.1) is 0 Å². The summed E-state index contributed by atoms with van der Waals surface area (Å²) in [7, 11) is 0. The van der Waals surface area contributed by atoms with Gasteiger partial charge < -0.3 is 15.9 Å². The topological polar surface area (TPSA) is 66.5 Å². The van der Waals surface area contributed by atoms with Crippen molar-refractivity contribution in [1.82, 2.24) is 0 Å². The number of rotatable bonds is 1. The maximum Gasteiger partial charge on any atom is 0.115 e. The van der Waals surface area contributed by atoms with Gasteiger partial charge in [0.15, 0.2) is 0 Å². The Bertz CT molecular complexity index is 419. The summed E-state index contributed by atoms with van der Waals surface area (Å²) in [6.07, 6.45) is 2.01. The first-order valence-electron chi connectivity index (χ1n) is 4.99. The first kappa shape index (κ1) is 13.3. The summed E-state index contributed by atoms with van der Waals surface area (Å²) < 4.78 is 0. The van der Waals surface area contributed by atoms with Crippen molar-refractivity contribution in [2.24, 2.45) is 0 Å². The molecule has 2 rings (SSSR count). The summed E-state index contributed by atoms with van der Waals surface area (Å²) in [6.45, 7) is 0. The third kappa shape index (κ3) is 5.17. The van der Waals surface area contributed by atoms with Crippen molar-refractivity contribution in [3.63, 3.8) is 0 Å². The van der Waals surface area contributed by atoms with E-state index < -0.39 is 0 Å². The predicted molar refractivity (Wildman–Crippen MR) is 72.4 cm³/mol. The van der Waals surface area contributed by atoms with E-state index in [4.69, 9.17) is 15.9 Å². The molecule has 0 aliphatic carbocycles. The highest BCUT2D eigenvalue weighted by Crippen LogP contribution is 2.17. The zero-order chi connectivity index (χ0) is 12.7. The number of nitrogen functional groups attached to an aromatic ring is 1. The van der Waals surface area contributed by atoms with Gasteiger partial charge in [-0.3, -0.25) is 0 Å². The summed E-state index contributed by atoms with van der Waals surface area (Å²) in [5.41, 5.74) is 5.98. The molecule has 0 radical (unpaired) electrons. The van der Waals surface area contributed by atoms with Gasteiger partial charge in [-0.05, 0) is 54.8 Å². The second kappa shape index (κ2) is 6.70. The van der Waals surface area contributed by atoms with Gasteiger partial charge >= 0.3 is 0 Å². The van der Waals surface area contributed by atoms with E-state index in [1.165, 1.54) is 4.90 Å². The van der Waals surface area contributed by atoms with Gasteiger partial charge in [0.2, 0.25) is 0 Å². The maximum atomic E-state index is 8.84. The third-order valence-electron chi connectivity index (χ3n) is 1.97. The van der Waals surface area contributed by atoms with Gasteiger partial charge in [-0.15, -0.1) is 11.8 Å². The van der Waals surface area contributed by atoms with Gasteiger partial charge in [0.25, 0.3) is 0 Å². The van der Waals surface area contributed by atoms with Gasteiger partial charge in [-0.2, -0.15) is 0 Å². The molecule has 0 saturated carbocycles. The summed E-state index contributed by atoms with van der Waals surface area (Å²) in [4.78, 5) is 1.17. The standard InChI is InChI=1S/C7H8OS.C6H7NO/c1-9-7-4-2-6(8)3-5-7;7-5-1-3-6(8)4-2-5/h2-5,8H,1H3;1-4,8H,7H2. The van der Waals surface area contributed by atoms with Gasteiger partial charge in [0, 0.05) is 10.6 Å². The lowest BCUT2D eigenvalue weighted by atomic mass is 10.3. The van der Waals surface area contributed by atoms with Crippen LogP contribution in [0, 0.1) is 0 Å². The molecule has 4 heteroatoms. The molecule has 0 saturated heterocycles. The molecule has 0 atom stereocenters. The minimum atomic E-state index is 0.249. The Hall–Kier alpha value is -1.81.